The molecule has 0 saturated heterocycles. The van der Waals surface area contributed by atoms with Gasteiger partial charge in [-0.1, -0.05) is 6.08 Å². The molecule has 3 atom stereocenters. The maximum absolute atomic E-state index is 10.8. The first kappa shape index (κ1) is 11.7. The summed E-state index contributed by atoms with van der Waals surface area (Å²) >= 11 is 0. The molecule has 0 fully saturated rings. The van der Waals surface area contributed by atoms with E-state index in [2.05, 4.69) is 5.32 Å². The lowest BCUT2D eigenvalue weighted by Crippen LogP contribution is -2.55. The van der Waals surface area contributed by atoms with Crippen LogP contribution in [0.15, 0.2) is 11.6 Å². The third kappa shape index (κ3) is 2.77. The van der Waals surface area contributed by atoms with Crippen LogP contribution in [0.25, 0.3) is 0 Å². The maximum atomic E-state index is 10.8. The largest absolute Gasteiger partial charge is 0.478 e. The number of aliphatic hydroxyl groups is 1. The van der Waals surface area contributed by atoms with E-state index < -0.39 is 24.2 Å². The van der Waals surface area contributed by atoms with Crippen LogP contribution in [0, 0.1) is 0 Å². The van der Waals surface area contributed by atoms with E-state index in [0.717, 1.165) is 0 Å². The van der Waals surface area contributed by atoms with Gasteiger partial charge >= 0.3 is 5.97 Å². The Morgan fingerprint density at radius 3 is 2.60 bits per heavy atom. The third-order valence-corrected chi connectivity index (χ3v) is 2.30. The highest BCUT2D eigenvalue weighted by Gasteiger charge is 2.32. The highest BCUT2D eigenvalue weighted by atomic mass is 16.4. The second-order valence-corrected chi connectivity index (χ2v) is 3.57. The molecule has 5 N–H and O–H groups in total. The number of aliphatic hydroxyl groups excluding tert-OH is 1. The fraction of sp³-hybridized carbons (Fsp3) is 0.556. The van der Waals surface area contributed by atoms with Crippen molar-refractivity contribution in [1.82, 2.24) is 5.32 Å². The summed E-state index contributed by atoms with van der Waals surface area (Å²) in [6.45, 7) is 1.32. The van der Waals surface area contributed by atoms with E-state index >= 15 is 0 Å². The number of carbonyl (C=O) groups is 2. The molecular formula is C9H14N2O4. The summed E-state index contributed by atoms with van der Waals surface area (Å²) in [5, 5.41) is 20.8. The first-order chi connectivity index (χ1) is 6.91. The van der Waals surface area contributed by atoms with Crippen molar-refractivity contribution >= 4 is 11.9 Å². The molecule has 0 heterocycles. The second-order valence-electron chi connectivity index (χ2n) is 3.57. The zero-order valence-corrected chi connectivity index (χ0v) is 8.30. The normalized spacial score (nSPS) is 30.6. The molecule has 0 aromatic heterocycles. The van der Waals surface area contributed by atoms with Crippen LogP contribution in [0.5, 0.6) is 0 Å². The van der Waals surface area contributed by atoms with Crippen LogP contribution in [0.2, 0.25) is 0 Å². The number of carbonyl (C=O) groups excluding carboxylic acids is 1. The lowest BCUT2D eigenvalue weighted by Gasteiger charge is -2.31. The van der Waals surface area contributed by atoms with Crippen LogP contribution in [0.3, 0.4) is 0 Å². The van der Waals surface area contributed by atoms with Crippen LogP contribution >= 0.6 is 0 Å². The molecule has 15 heavy (non-hydrogen) atoms. The lowest BCUT2D eigenvalue weighted by molar-refractivity contribution is -0.133. The molecule has 0 aromatic rings. The average Bonchev–Trinajstić information content (AvgIpc) is 2.10. The number of carboxylic acids is 1. The molecule has 0 aliphatic heterocycles. The Morgan fingerprint density at radius 1 is 1.60 bits per heavy atom. The van der Waals surface area contributed by atoms with Gasteiger partial charge in [0.2, 0.25) is 5.91 Å². The van der Waals surface area contributed by atoms with E-state index in [4.69, 9.17) is 10.8 Å². The zero-order chi connectivity index (χ0) is 11.6. The van der Waals surface area contributed by atoms with E-state index in [1.807, 2.05) is 0 Å². The fourth-order valence-corrected chi connectivity index (χ4v) is 1.60. The molecule has 1 aliphatic carbocycles. The van der Waals surface area contributed by atoms with Crippen molar-refractivity contribution in [2.75, 3.05) is 0 Å². The number of hydrogen-bond acceptors (Lipinski definition) is 4. The fourth-order valence-electron chi connectivity index (χ4n) is 1.60. The minimum absolute atomic E-state index is 0.00597. The number of nitrogens with one attached hydrogen (secondary N) is 1. The average molecular weight is 214 g/mol. The van der Waals surface area contributed by atoms with Gasteiger partial charge in [0, 0.05) is 25.0 Å². The Hall–Kier alpha value is -1.40. The summed E-state index contributed by atoms with van der Waals surface area (Å²) in [7, 11) is 0. The maximum Gasteiger partial charge on any atom is 0.331 e. The SMILES string of the molecule is CC(=O)NC1C(N)C=C(C(=O)O)CC1O. The molecule has 3 unspecified atom stereocenters. The van der Waals surface area contributed by atoms with Gasteiger partial charge in [0.25, 0.3) is 0 Å². The molecule has 0 aromatic carbocycles. The molecule has 0 bridgehead atoms. The number of rotatable bonds is 2. The van der Waals surface area contributed by atoms with Crippen LogP contribution in [0.4, 0.5) is 0 Å². The van der Waals surface area contributed by atoms with Crippen LogP contribution in [-0.2, 0) is 9.59 Å². The van der Waals surface area contributed by atoms with Gasteiger partial charge < -0.3 is 21.3 Å². The Labute approximate surface area is 86.8 Å². The molecule has 0 radical (unpaired) electrons. The number of hydrogen-bond donors (Lipinski definition) is 4. The molecule has 84 valence electrons. The minimum Gasteiger partial charge on any atom is -0.478 e. The highest BCUT2D eigenvalue weighted by Crippen LogP contribution is 2.18. The van der Waals surface area contributed by atoms with Gasteiger partial charge in [0.1, 0.15) is 0 Å². The summed E-state index contributed by atoms with van der Waals surface area (Å²) in [6.07, 6.45) is 0.392. The first-order valence-electron chi connectivity index (χ1n) is 4.56. The molecule has 0 spiro atoms. The van der Waals surface area contributed by atoms with Crippen molar-refractivity contribution in [3.63, 3.8) is 0 Å². The summed E-state index contributed by atoms with van der Waals surface area (Å²) in [5.74, 6) is -1.40. The lowest BCUT2D eigenvalue weighted by atomic mass is 9.89. The van der Waals surface area contributed by atoms with Crippen LogP contribution in [0.1, 0.15) is 13.3 Å². The molecule has 6 heteroatoms. The summed E-state index contributed by atoms with van der Waals surface area (Å²) in [5.41, 5.74) is 5.71. The van der Waals surface area contributed by atoms with E-state index in [0.29, 0.717) is 0 Å². The van der Waals surface area contributed by atoms with E-state index in [1.165, 1.54) is 13.0 Å². The van der Waals surface area contributed by atoms with Gasteiger partial charge in [-0.05, 0) is 0 Å². The van der Waals surface area contributed by atoms with E-state index in [9.17, 15) is 14.7 Å². The number of aliphatic carboxylic acids is 1. The smallest absolute Gasteiger partial charge is 0.331 e. The summed E-state index contributed by atoms with van der Waals surface area (Å²) < 4.78 is 0. The van der Waals surface area contributed by atoms with Gasteiger partial charge in [-0.3, -0.25) is 4.79 Å². The van der Waals surface area contributed by atoms with Crippen molar-refractivity contribution in [3.05, 3.63) is 11.6 Å². The Kier molecular flexibility index (Phi) is 3.43. The molecule has 0 saturated carbocycles. The predicted molar refractivity (Wildman–Crippen MR) is 51.9 cm³/mol. The highest BCUT2D eigenvalue weighted by molar-refractivity contribution is 5.87. The molecule has 1 amide bonds. The Balaban J connectivity index is 2.80. The van der Waals surface area contributed by atoms with Crippen LogP contribution in [-0.4, -0.2) is 40.3 Å². The topological polar surface area (TPSA) is 113 Å². The predicted octanol–water partition coefficient (Wildman–Crippen LogP) is -1.41. The first-order valence-corrected chi connectivity index (χ1v) is 4.56. The van der Waals surface area contributed by atoms with Crippen molar-refractivity contribution in [2.24, 2.45) is 5.73 Å². The minimum atomic E-state index is -1.09. The summed E-state index contributed by atoms with van der Waals surface area (Å²) in [4.78, 5) is 21.5. The van der Waals surface area contributed by atoms with Gasteiger partial charge in [0.05, 0.1) is 12.1 Å². The van der Waals surface area contributed by atoms with Crippen molar-refractivity contribution in [2.45, 2.75) is 31.5 Å². The third-order valence-electron chi connectivity index (χ3n) is 2.30. The summed E-state index contributed by atoms with van der Waals surface area (Å²) in [6, 6.07) is -1.30. The van der Waals surface area contributed by atoms with E-state index in [-0.39, 0.29) is 17.9 Å². The van der Waals surface area contributed by atoms with Gasteiger partial charge in [-0.25, -0.2) is 4.79 Å². The molecule has 1 aliphatic rings. The molecular weight excluding hydrogens is 200 g/mol. The van der Waals surface area contributed by atoms with Crippen molar-refractivity contribution < 1.29 is 19.8 Å². The zero-order valence-electron chi connectivity index (χ0n) is 8.30. The Bertz CT molecular complexity index is 313. The van der Waals surface area contributed by atoms with Crippen molar-refractivity contribution in [3.8, 4) is 0 Å². The van der Waals surface area contributed by atoms with Crippen molar-refractivity contribution in [1.29, 1.82) is 0 Å². The van der Waals surface area contributed by atoms with Gasteiger partial charge in [0.15, 0.2) is 0 Å². The van der Waals surface area contributed by atoms with Gasteiger partial charge in [-0.2, -0.15) is 0 Å². The number of carboxylic acid groups (broad SMARTS) is 1. The van der Waals surface area contributed by atoms with E-state index in [1.54, 1.807) is 0 Å². The number of amides is 1. The van der Waals surface area contributed by atoms with Crippen LogP contribution < -0.4 is 11.1 Å². The molecule has 1 rings (SSSR count). The van der Waals surface area contributed by atoms with Gasteiger partial charge in [-0.15, -0.1) is 0 Å². The molecule has 6 nitrogen and oxygen atoms in total. The standard InChI is InChI=1S/C9H14N2O4/c1-4(12)11-8-6(10)2-5(9(14)15)3-7(8)13/h2,6-8,13H,3,10H2,1H3,(H,11,12)(H,14,15). The quantitative estimate of drug-likeness (QED) is 0.451. The Morgan fingerprint density at radius 2 is 2.20 bits per heavy atom. The monoisotopic (exact) mass is 214 g/mol. The second kappa shape index (κ2) is 4.41. The number of nitrogens with two attached hydrogens (primary N) is 1.